The van der Waals surface area contributed by atoms with Crippen LogP contribution in [-0.2, 0) is 0 Å². The van der Waals surface area contributed by atoms with E-state index < -0.39 is 4.92 Å². The Balaban J connectivity index is 1.57. The molecule has 0 radical (unpaired) electrons. The van der Waals surface area contributed by atoms with E-state index in [1.807, 2.05) is 0 Å². The molecule has 4 rings (SSSR count). The minimum Gasteiger partial charge on any atom is -0.440 e. The molecule has 1 amide bonds. The van der Waals surface area contributed by atoms with E-state index in [0.29, 0.717) is 32.5 Å². The Kier molecular flexibility index (Phi) is 3.34. The first kappa shape index (κ1) is 14.8. The van der Waals surface area contributed by atoms with E-state index in [1.165, 1.54) is 6.07 Å². The number of aromatic nitrogens is 1. The second-order valence-electron chi connectivity index (χ2n) is 5.77. The van der Waals surface area contributed by atoms with Crippen molar-refractivity contribution in [3.05, 3.63) is 50.0 Å². The molecule has 8 heteroatoms. The Hall–Kier alpha value is -2.74. The summed E-state index contributed by atoms with van der Waals surface area (Å²) in [5.74, 6) is 0.796. The Bertz CT molecular complexity index is 971. The first-order chi connectivity index (χ1) is 11.5. The Morgan fingerprint density at radius 1 is 1.42 bits per heavy atom. The lowest BCUT2D eigenvalue weighted by molar-refractivity contribution is -0.385. The van der Waals surface area contributed by atoms with Crippen LogP contribution in [0.15, 0.2) is 28.7 Å². The number of amides is 1. The van der Waals surface area contributed by atoms with E-state index in [4.69, 9.17) is 4.42 Å². The van der Waals surface area contributed by atoms with Crippen LogP contribution in [0.3, 0.4) is 0 Å². The first-order valence-electron chi connectivity index (χ1n) is 7.48. The van der Waals surface area contributed by atoms with Crippen molar-refractivity contribution >= 4 is 39.7 Å². The van der Waals surface area contributed by atoms with Crippen LogP contribution in [0.25, 0.3) is 11.1 Å². The lowest BCUT2D eigenvalue weighted by Gasteiger charge is -2.02. The van der Waals surface area contributed by atoms with Gasteiger partial charge in [0.2, 0.25) is 0 Å². The van der Waals surface area contributed by atoms with Crippen LogP contribution in [0.2, 0.25) is 0 Å². The summed E-state index contributed by atoms with van der Waals surface area (Å²) in [5, 5.41) is 13.6. The highest BCUT2D eigenvalue weighted by molar-refractivity contribution is 7.14. The van der Waals surface area contributed by atoms with Gasteiger partial charge in [-0.05, 0) is 38.0 Å². The number of rotatable bonds is 4. The van der Waals surface area contributed by atoms with Crippen LogP contribution in [-0.4, -0.2) is 15.8 Å². The summed E-state index contributed by atoms with van der Waals surface area (Å²) in [6.45, 7) is 1.63. The first-order valence-corrected chi connectivity index (χ1v) is 8.29. The molecule has 0 aliphatic heterocycles. The van der Waals surface area contributed by atoms with Crippen LogP contribution in [0, 0.1) is 17.0 Å². The number of nitrogens with one attached hydrogen (secondary N) is 1. The number of thiophene rings is 1. The standard InChI is InChI=1S/C16H13N3O4S/c1-8-12(19(21)22)7-14(24-8)15(20)17-10-4-5-13-11(6-10)18-16(23-13)9-2-3-9/h4-7,9H,2-3H2,1H3,(H,17,20). The summed E-state index contributed by atoms with van der Waals surface area (Å²) >= 11 is 1.10. The molecular weight excluding hydrogens is 330 g/mol. The van der Waals surface area contributed by atoms with E-state index in [9.17, 15) is 14.9 Å². The number of carbonyl (C=O) groups is 1. The Labute approximate surface area is 140 Å². The predicted octanol–water partition coefficient (Wildman–Crippen LogP) is 4.24. The van der Waals surface area contributed by atoms with Crippen molar-refractivity contribution in [1.29, 1.82) is 0 Å². The number of carbonyl (C=O) groups excluding carboxylic acids is 1. The molecular formula is C16H13N3O4S. The summed E-state index contributed by atoms with van der Waals surface area (Å²) < 4.78 is 5.69. The summed E-state index contributed by atoms with van der Waals surface area (Å²) in [6, 6.07) is 6.55. The van der Waals surface area contributed by atoms with E-state index >= 15 is 0 Å². The maximum Gasteiger partial charge on any atom is 0.283 e. The van der Waals surface area contributed by atoms with Crippen molar-refractivity contribution in [2.75, 3.05) is 5.32 Å². The van der Waals surface area contributed by atoms with Gasteiger partial charge in [0.1, 0.15) is 5.52 Å². The van der Waals surface area contributed by atoms with Crippen LogP contribution in [0.5, 0.6) is 0 Å². The average Bonchev–Trinajstić information content (AvgIpc) is 3.18. The molecule has 2 aromatic heterocycles. The van der Waals surface area contributed by atoms with Crippen LogP contribution in [0.4, 0.5) is 11.4 Å². The highest BCUT2D eigenvalue weighted by Gasteiger charge is 2.29. The van der Waals surface area contributed by atoms with E-state index in [2.05, 4.69) is 10.3 Å². The maximum atomic E-state index is 12.3. The zero-order valence-corrected chi connectivity index (χ0v) is 13.6. The fraction of sp³-hybridized carbons (Fsp3) is 0.250. The normalized spacial score (nSPS) is 14.0. The fourth-order valence-corrected chi connectivity index (χ4v) is 3.37. The number of aryl methyl sites for hydroxylation is 1. The minimum atomic E-state index is -0.483. The topological polar surface area (TPSA) is 98.3 Å². The zero-order valence-electron chi connectivity index (χ0n) is 12.7. The van der Waals surface area contributed by atoms with Crippen molar-refractivity contribution in [3.63, 3.8) is 0 Å². The largest absolute Gasteiger partial charge is 0.440 e. The number of hydrogen-bond donors (Lipinski definition) is 1. The third-order valence-electron chi connectivity index (χ3n) is 3.90. The van der Waals surface area contributed by atoms with Gasteiger partial charge < -0.3 is 9.73 Å². The number of nitro groups is 1. The van der Waals surface area contributed by atoms with Crippen molar-refractivity contribution in [2.45, 2.75) is 25.7 Å². The van der Waals surface area contributed by atoms with E-state index in [-0.39, 0.29) is 11.6 Å². The van der Waals surface area contributed by atoms with Gasteiger partial charge >= 0.3 is 0 Å². The quantitative estimate of drug-likeness (QED) is 0.564. The molecule has 0 atom stereocenters. The zero-order chi connectivity index (χ0) is 16.8. The molecule has 1 N–H and O–H groups in total. The van der Waals surface area contributed by atoms with Crippen LogP contribution in [0.1, 0.15) is 39.2 Å². The predicted molar refractivity (Wildman–Crippen MR) is 89.6 cm³/mol. The molecule has 1 aromatic carbocycles. The third-order valence-corrected chi connectivity index (χ3v) is 4.94. The molecule has 0 bridgehead atoms. The van der Waals surface area contributed by atoms with E-state index in [0.717, 1.165) is 30.1 Å². The number of nitrogens with zero attached hydrogens (tertiary/aromatic N) is 2. The SMILES string of the molecule is Cc1sc(C(=O)Nc2ccc3oc(C4CC4)nc3c2)cc1[N+](=O)[O-]. The van der Waals surface area contributed by atoms with Crippen molar-refractivity contribution in [1.82, 2.24) is 4.98 Å². The molecule has 3 aromatic rings. The number of hydrogen-bond acceptors (Lipinski definition) is 6. The summed E-state index contributed by atoms with van der Waals surface area (Å²) in [5.41, 5.74) is 1.93. The Morgan fingerprint density at radius 2 is 2.21 bits per heavy atom. The molecule has 0 spiro atoms. The van der Waals surface area contributed by atoms with Gasteiger partial charge in [0, 0.05) is 17.7 Å². The van der Waals surface area contributed by atoms with Gasteiger partial charge in [-0.2, -0.15) is 0 Å². The molecule has 24 heavy (non-hydrogen) atoms. The molecule has 2 heterocycles. The van der Waals surface area contributed by atoms with Gasteiger partial charge in [0.05, 0.1) is 14.7 Å². The molecule has 122 valence electrons. The average molecular weight is 343 g/mol. The van der Waals surface area contributed by atoms with Crippen molar-refractivity contribution in [2.24, 2.45) is 0 Å². The van der Waals surface area contributed by atoms with Gasteiger partial charge in [-0.3, -0.25) is 14.9 Å². The molecule has 1 saturated carbocycles. The summed E-state index contributed by atoms with van der Waals surface area (Å²) in [4.78, 5) is 28.0. The smallest absolute Gasteiger partial charge is 0.283 e. The molecule has 1 aliphatic rings. The minimum absolute atomic E-state index is 0.0359. The second kappa shape index (κ2) is 5.41. The van der Waals surface area contributed by atoms with Crippen LogP contribution >= 0.6 is 11.3 Å². The third kappa shape index (κ3) is 2.65. The second-order valence-corrected chi connectivity index (χ2v) is 7.03. The molecule has 1 aliphatic carbocycles. The summed E-state index contributed by atoms with van der Waals surface area (Å²) in [6.07, 6.45) is 2.21. The highest BCUT2D eigenvalue weighted by Crippen LogP contribution is 2.40. The van der Waals surface area contributed by atoms with Gasteiger partial charge in [-0.25, -0.2) is 4.98 Å². The summed E-state index contributed by atoms with van der Waals surface area (Å²) in [7, 11) is 0. The molecule has 0 unspecified atom stereocenters. The van der Waals surface area contributed by atoms with Gasteiger partial charge in [0.25, 0.3) is 11.6 Å². The molecule has 7 nitrogen and oxygen atoms in total. The number of benzene rings is 1. The van der Waals surface area contributed by atoms with E-state index in [1.54, 1.807) is 25.1 Å². The van der Waals surface area contributed by atoms with Gasteiger partial charge in [0.15, 0.2) is 11.5 Å². The van der Waals surface area contributed by atoms with Crippen LogP contribution < -0.4 is 5.32 Å². The van der Waals surface area contributed by atoms with Crippen molar-refractivity contribution < 1.29 is 14.1 Å². The fourth-order valence-electron chi connectivity index (χ4n) is 2.49. The molecule has 1 fully saturated rings. The monoisotopic (exact) mass is 343 g/mol. The van der Waals surface area contributed by atoms with Crippen molar-refractivity contribution in [3.8, 4) is 0 Å². The van der Waals surface area contributed by atoms with Gasteiger partial charge in [-0.15, -0.1) is 11.3 Å². The lowest BCUT2D eigenvalue weighted by atomic mass is 10.2. The lowest BCUT2D eigenvalue weighted by Crippen LogP contribution is -2.09. The maximum absolute atomic E-state index is 12.3. The molecule has 0 saturated heterocycles. The highest BCUT2D eigenvalue weighted by atomic mass is 32.1. The Morgan fingerprint density at radius 3 is 2.88 bits per heavy atom. The number of oxazole rings is 1. The number of fused-ring (bicyclic) bond motifs is 1. The van der Waals surface area contributed by atoms with Gasteiger partial charge in [-0.1, -0.05) is 0 Å². The number of anilines is 1.